The maximum absolute atomic E-state index is 12.0. The molecule has 7 nitrogen and oxygen atoms in total. The van der Waals surface area contributed by atoms with Crippen LogP contribution in [-0.2, 0) is 4.74 Å². The molecule has 0 saturated carbocycles. The van der Waals surface area contributed by atoms with Gasteiger partial charge in [0, 0.05) is 36.7 Å². The van der Waals surface area contributed by atoms with Gasteiger partial charge in [-0.05, 0) is 25.1 Å². The van der Waals surface area contributed by atoms with Gasteiger partial charge in [0.15, 0.2) is 0 Å². The topological polar surface area (TPSA) is 91.2 Å². The standard InChI is InChI=1S/C15H18ClN3O4/c1-2-23-15(22)19-7-5-11(6-8-19)17-18-14(21)12-9-10(16)3-4-13(12)20/h3-4,9,20H,2,5-8H2,1H3,(H,18,21). The third-order valence-corrected chi connectivity index (χ3v) is 3.62. The minimum absolute atomic E-state index is 0.0609. The first-order valence-electron chi connectivity index (χ1n) is 7.27. The number of nitrogens with one attached hydrogen (secondary N) is 1. The summed E-state index contributed by atoms with van der Waals surface area (Å²) in [6, 6.07) is 4.21. The van der Waals surface area contributed by atoms with Gasteiger partial charge in [-0.1, -0.05) is 11.6 Å². The Morgan fingerprint density at radius 3 is 2.74 bits per heavy atom. The molecule has 0 aromatic heterocycles. The van der Waals surface area contributed by atoms with E-state index in [1.165, 1.54) is 18.2 Å². The molecule has 0 bridgehead atoms. The zero-order valence-corrected chi connectivity index (χ0v) is 13.5. The van der Waals surface area contributed by atoms with Crippen LogP contribution in [0.5, 0.6) is 5.75 Å². The summed E-state index contributed by atoms with van der Waals surface area (Å²) < 4.78 is 4.93. The monoisotopic (exact) mass is 339 g/mol. The number of phenols is 1. The minimum Gasteiger partial charge on any atom is -0.507 e. The summed E-state index contributed by atoms with van der Waals surface area (Å²) in [5.41, 5.74) is 3.24. The smallest absolute Gasteiger partial charge is 0.409 e. The number of nitrogens with zero attached hydrogens (tertiary/aromatic N) is 2. The lowest BCUT2D eigenvalue weighted by molar-refractivity contribution is 0.0949. The Kier molecular flexibility index (Phi) is 5.81. The van der Waals surface area contributed by atoms with Crippen molar-refractivity contribution in [3.05, 3.63) is 28.8 Å². The zero-order chi connectivity index (χ0) is 16.8. The fourth-order valence-electron chi connectivity index (χ4n) is 2.15. The highest BCUT2D eigenvalue weighted by molar-refractivity contribution is 6.31. The van der Waals surface area contributed by atoms with E-state index < -0.39 is 5.91 Å². The highest BCUT2D eigenvalue weighted by Gasteiger charge is 2.21. The average molecular weight is 340 g/mol. The molecular weight excluding hydrogens is 322 g/mol. The van der Waals surface area contributed by atoms with Gasteiger partial charge in [-0.3, -0.25) is 4.79 Å². The zero-order valence-electron chi connectivity index (χ0n) is 12.7. The quantitative estimate of drug-likeness (QED) is 0.827. The van der Waals surface area contributed by atoms with Gasteiger partial charge in [-0.25, -0.2) is 10.2 Å². The maximum atomic E-state index is 12.0. The fourth-order valence-corrected chi connectivity index (χ4v) is 2.33. The third kappa shape index (κ3) is 4.59. The number of carbonyl (C=O) groups excluding carboxylic acids is 2. The Bertz CT molecular complexity index is 623. The van der Waals surface area contributed by atoms with Gasteiger partial charge in [0.05, 0.1) is 12.2 Å². The third-order valence-electron chi connectivity index (χ3n) is 3.39. The van der Waals surface area contributed by atoms with Gasteiger partial charge in [-0.2, -0.15) is 5.10 Å². The summed E-state index contributed by atoms with van der Waals surface area (Å²) in [7, 11) is 0. The molecule has 2 amide bonds. The molecule has 0 radical (unpaired) electrons. The Morgan fingerprint density at radius 2 is 2.09 bits per heavy atom. The fraction of sp³-hybridized carbons (Fsp3) is 0.400. The minimum atomic E-state index is -0.537. The number of piperidine rings is 1. The highest BCUT2D eigenvalue weighted by Crippen LogP contribution is 2.21. The maximum Gasteiger partial charge on any atom is 0.409 e. The number of halogens is 1. The molecule has 1 aromatic rings. The number of amides is 2. The van der Waals surface area contributed by atoms with Crippen molar-refractivity contribution in [2.45, 2.75) is 19.8 Å². The molecule has 2 rings (SSSR count). The lowest BCUT2D eigenvalue weighted by Crippen LogP contribution is -2.39. The first-order chi connectivity index (χ1) is 11.0. The van der Waals surface area contributed by atoms with Crippen LogP contribution < -0.4 is 5.43 Å². The molecule has 0 aliphatic carbocycles. The van der Waals surface area contributed by atoms with Crippen molar-refractivity contribution in [2.24, 2.45) is 5.10 Å². The van der Waals surface area contributed by atoms with E-state index in [4.69, 9.17) is 16.3 Å². The Hall–Kier alpha value is -2.28. The summed E-state index contributed by atoms with van der Waals surface area (Å²) >= 11 is 5.80. The molecule has 0 atom stereocenters. The van der Waals surface area contributed by atoms with Crippen molar-refractivity contribution in [3.63, 3.8) is 0 Å². The molecule has 0 spiro atoms. The predicted molar refractivity (Wildman–Crippen MR) is 85.8 cm³/mol. The number of carbonyl (C=O) groups is 2. The van der Waals surface area contributed by atoms with Crippen LogP contribution >= 0.6 is 11.6 Å². The van der Waals surface area contributed by atoms with Crippen LogP contribution in [0.4, 0.5) is 4.79 Å². The van der Waals surface area contributed by atoms with Crippen molar-refractivity contribution < 1.29 is 19.4 Å². The molecule has 1 heterocycles. The second-order valence-electron chi connectivity index (χ2n) is 4.97. The molecule has 1 saturated heterocycles. The van der Waals surface area contributed by atoms with E-state index in [0.29, 0.717) is 37.6 Å². The molecule has 1 aliphatic heterocycles. The van der Waals surface area contributed by atoms with Gasteiger partial charge in [0.1, 0.15) is 5.75 Å². The van der Waals surface area contributed by atoms with Gasteiger partial charge in [0.2, 0.25) is 0 Å². The molecule has 1 fully saturated rings. The first-order valence-corrected chi connectivity index (χ1v) is 7.65. The highest BCUT2D eigenvalue weighted by atomic mass is 35.5. The van der Waals surface area contributed by atoms with Gasteiger partial charge in [0.25, 0.3) is 5.91 Å². The second-order valence-corrected chi connectivity index (χ2v) is 5.40. The average Bonchev–Trinajstić information content (AvgIpc) is 2.55. The van der Waals surface area contributed by atoms with E-state index in [0.717, 1.165) is 5.71 Å². The Balaban J connectivity index is 1.90. The number of phenolic OH excluding ortho intramolecular Hbond substituents is 1. The molecule has 0 unspecified atom stereocenters. The van der Waals surface area contributed by atoms with Gasteiger partial charge < -0.3 is 14.7 Å². The predicted octanol–water partition coefficient (Wildman–Crippen LogP) is 2.38. The van der Waals surface area contributed by atoms with Crippen LogP contribution in [0.3, 0.4) is 0 Å². The molecule has 23 heavy (non-hydrogen) atoms. The van der Waals surface area contributed by atoms with Gasteiger partial charge in [-0.15, -0.1) is 0 Å². The summed E-state index contributed by atoms with van der Waals surface area (Å²) in [4.78, 5) is 25.2. The molecule has 1 aliphatic rings. The van der Waals surface area contributed by atoms with Crippen LogP contribution in [0.25, 0.3) is 0 Å². The number of likely N-dealkylation sites (tertiary alicyclic amines) is 1. The molecule has 2 N–H and O–H groups in total. The number of aromatic hydroxyl groups is 1. The summed E-state index contributed by atoms with van der Waals surface area (Å²) in [6.45, 7) is 3.09. The van der Waals surface area contributed by atoms with Crippen molar-refractivity contribution >= 4 is 29.3 Å². The lowest BCUT2D eigenvalue weighted by atomic mass is 10.1. The van der Waals surface area contributed by atoms with E-state index >= 15 is 0 Å². The summed E-state index contributed by atoms with van der Waals surface area (Å²) in [5, 5.41) is 14.1. The Labute approximate surface area is 138 Å². The largest absolute Gasteiger partial charge is 0.507 e. The number of ether oxygens (including phenoxy) is 1. The van der Waals surface area contributed by atoms with E-state index in [9.17, 15) is 14.7 Å². The second kappa shape index (κ2) is 7.82. The number of rotatable bonds is 3. The SMILES string of the molecule is CCOC(=O)N1CCC(=NNC(=O)c2cc(Cl)ccc2O)CC1. The Morgan fingerprint density at radius 1 is 1.39 bits per heavy atom. The first kappa shape index (κ1) is 17.1. The van der Waals surface area contributed by atoms with Crippen LogP contribution in [0.2, 0.25) is 5.02 Å². The normalized spacial score (nSPS) is 14.3. The van der Waals surface area contributed by atoms with Gasteiger partial charge >= 0.3 is 6.09 Å². The molecular formula is C15H18ClN3O4. The van der Waals surface area contributed by atoms with Crippen molar-refractivity contribution in [2.75, 3.05) is 19.7 Å². The van der Waals surface area contributed by atoms with Crippen LogP contribution in [-0.4, -0.2) is 47.4 Å². The number of hydrogen-bond donors (Lipinski definition) is 2. The van der Waals surface area contributed by atoms with Crippen LogP contribution in [0.1, 0.15) is 30.1 Å². The number of hydrazone groups is 1. The van der Waals surface area contributed by atoms with Crippen LogP contribution in [0.15, 0.2) is 23.3 Å². The van der Waals surface area contributed by atoms with Crippen molar-refractivity contribution in [1.82, 2.24) is 10.3 Å². The molecule has 1 aromatic carbocycles. The van der Waals surface area contributed by atoms with E-state index in [2.05, 4.69) is 10.5 Å². The van der Waals surface area contributed by atoms with Crippen molar-refractivity contribution in [3.8, 4) is 5.75 Å². The number of benzene rings is 1. The van der Waals surface area contributed by atoms with E-state index in [1.807, 2.05) is 0 Å². The van der Waals surface area contributed by atoms with Crippen LogP contribution in [0, 0.1) is 0 Å². The number of hydrogen-bond acceptors (Lipinski definition) is 5. The molecule has 124 valence electrons. The lowest BCUT2D eigenvalue weighted by Gasteiger charge is -2.26. The van der Waals surface area contributed by atoms with E-state index in [-0.39, 0.29) is 17.4 Å². The molecule has 8 heteroatoms. The van der Waals surface area contributed by atoms with E-state index in [1.54, 1.807) is 11.8 Å². The summed E-state index contributed by atoms with van der Waals surface area (Å²) in [6.07, 6.45) is 0.778. The summed E-state index contributed by atoms with van der Waals surface area (Å²) in [5.74, 6) is -0.699. The van der Waals surface area contributed by atoms with Crippen molar-refractivity contribution in [1.29, 1.82) is 0 Å².